The summed E-state index contributed by atoms with van der Waals surface area (Å²) in [5.74, 6) is -0.444. The van der Waals surface area contributed by atoms with Crippen LogP contribution in [0, 0.1) is 16.7 Å². The van der Waals surface area contributed by atoms with Crippen LogP contribution >= 0.6 is 0 Å². The zero-order chi connectivity index (χ0) is 12.8. The number of benzene rings is 1. The molecular weight excluding hydrogens is 230 g/mol. The van der Waals surface area contributed by atoms with Crippen LogP contribution in [-0.4, -0.2) is 18.6 Å². The summed E-state index contributed by atoms with van der Waals surface area (Å²) in [6.07, 6.45) is 1.94. The maximum atomic E-state index is 11.1. The second kappa shape index (κ2) is 3.64. The molecule has 5 nitrogen and oxygen atoms in total. The Labute approximate surface area is 104 Å². The zero-order valence-electron chi connectivity index (χ0n) is 10.1. The van der Waals surface area contributed by atoms with Crippen LogP contribution in [-0.2, 0) is 0 Å². The van der Waals surface area contributed by atoms with Gasteiger partial charge in [0.2, 0.25) is 0 Å². The Morgan fingerprint density at radius 1 is 1.56 bits per heavy atom. The number of nitrogens with zero attached hydrogens (tertiary/aromatic N) is 2. The molecule has 1 N–H and O–H groups in total. The average Bonchev–Trinajstić information content (AvgIpc) is 3.01. The highest BCUT2D eigenvalue weighted by molar-refractivity contribution is 5.77. The molecule has 1 aliphatic rings. The molecule has 0 aliphatic heterocycles. The number of fused-ring (bicyclic) bond motifs is 1. The number of rotatable bonds is 3. The van der Waals surface area contributed by atoms with Crippen molar-refractivity contribution in [2.45, 2.75) is 12.8 Å². The highest BCUT2D eigenvalue weighted by Gasteiger charge is 2.44. The van der Waals surface area contributed by atoms with Gasteiger partial charge in [0.1, 0.15) is 0 Å². The van der Waals surface area contributed by atoms with E-state index in [9.17, 15) is 4.79 Å². The Balaban J connectivity index is 1.89. The molecule has 1 heterocycles. The molecule has 0 radical (unpaired) electrons. The van der Waals surface area contributed by atoms with Crippen molar-refractivity contribution in [1.82, 2.24) is 4.98 Å². The fraction of sp³-hybridized carbons (Fsp3) is 0.385. The normalized spacial score (nSPS) is 16.4. The molecule has 0 spiro atoms. The number of nitriles is 1. The van der Waals surface area contributed by atoms with Gasteiger partial charge in [-0.15, -0.1) is 0 Å². The molecule has 1 aliphatic carbocycles. The third-order valence-electron chi connectivity index (χ3n) is 3.48. The molecule has 0 atom stereocenters. The molecule has 1 aromatic heterocycles. The van der Waals surface area contributed by atoms with Crippen LogP contribution in [0.15, 0.2) is 27.4 Å². The molecule has 0 saturated heterocycles. The van der Waals surface area contributed by atoms with Crippen LogP contribution in [0.1, 0.15) is 12.8 Å². The van der Waals surface area contributed by atoms with Crippen LogP contribution < -0.4 is 10.7 Å². The molecular formula is C13H13N3O2. The van der Waals surface area contributed by atoms with Crippen molar-refractivity contribution in [1.29, 1.82) is 5.26 Å². The first-order valence-corrected chi connectivity index (χ1v) is 5.87. The third kappa shape index (κ3) is 1.76. The van der Waals surface area contributed by atoms with E-state index in [1.54, 1.807) is 0 Å². The van der Waals surface area contributed by atoms with Crippen molar-refractivity contribution in [3.63, 3.8) is 0 Å². The number of hydrogen-bond donors (Lipinski definition) is 1. The lowest BCUT2D eigenvalue weighted by Gasteiger charge is -2.21. The van der Waals surface area contributed by atoms with E-state index in [1.807, 2.05) is 30.1 Å². The molecule has 0 unspecified atom stereocenters. The van der Waals surface area contributed by atoms with E-state index >= 15 is 0 Å². The standard InChI is InChI=1S/C13H13N3O2/c1-16(8-13(7-14)4-5-13)9-2-3-10-11(6-9)18-12(17)15-10/h2-3,6H,4-5,8H2,1H3,(H,15,17). The predicted molar refractivity (Wildman–Crippen MR) is 67.4 cm³/mol. The van der Waals surface area contributed by atoms with Crippen molar-refractivity contribution in [3.05, 3.63) is 28.7 Å². The van der Waals surface area contributed by atoms with Gasteiger partial charge in [-0.2, -0.15) is 5.26 Å². The summed E-state index contributed by atoms with van der Waals surface area (Å²) in [6, 6.07) is 7.93. The topological polar surface area (TPSA) is 73.0 Å². The predicted octanol–water partition coefficient (Wildman–Crippen LogP) is 1.86. The Kier molecular flexibility index (Phi) is 2.20. The van der Waals surface area contributed by atoms with Gasteiger partial charge in [0, 0.05) is 25.3 Å². The fourth-order valence-corrected chi connectivity index (χ4v) is 2.17. The zero-order valence-corrected chi connectivity index (χ0v) is 10.1. The van der Waals surface area contributed by atoms with E-state index in [-0.39, 0.29) is 5.41 Å². The third-order valence-corrected chi connectivity index (χ3v) is 3.48. The van der Waals surface area contributed by atoms with E-state index in [4.69, 9.17) is 9.68 Å². The number of hydrogen-bond acceptors (Lipinski definition) is 4. The van der Waals surface area contributed by atoms with Gasteiger partial charge in [-0.25, -0.2) is 4.79 Å². The minimum atomic E-state index is -0.444. The van der Waals surface area contributed by atoms with Crippen LogP contribution in [0.25, 0.3) is 11.1 Å². The summed E-state index contributed by atoms with van der Waals surface area (Å²) in [5, 5.41) is 9.09. The first kappa shape index (κ1) is 10.9. The van der Waals surface area contributed by atoms with Crippen LogP contribution in [0.3, 0.4) is 0 Å². The van der Waals surface area contributed by atoms with Crippen molar-refractivity contribution in [3.8, 4) is 6.07 Å². The minimum Gasteiger partial charge on any atom is -0.408 e. The van der Waals surface area contributed by atoms with Crippen molar-refractivity contribution in [2.75, 3.05) is 18.5 Å². The molecule has 2 aromatic rings. The number of nitrogens with one attached hydrogen (secondary N) is 1. The maximum absolute atomic E-state index is 11.1. The molecule has 1 aromatic carbocycles. The van der Waals surface area contributed by atoms with Gasteiger partial charge in [0.25, 0.3) is 0 Å². The van der Waals surface area contributed by atoms with E-state index < -0.39 is 5.76 Å². The Bertz CT molecular complexity index is 688. The maximum Gasteiger partial charge on any atom is 0.417 e. The van der Waals surface area contributed by atoms with Gasteiger partial charge in [-0.3, -0.25) is 4.98 Å². The van der Waals surface area contributed by atoms with Crippen LogP contribution in [0.4, 0.5) is 5.69 Å². The minimum absolute atomic E-state index is 0.178. The largest absolute Gasteiger partial charge is 0.417 e. The lowest BCUT2D eigenvalue weighted by Crippen LogP contribution is -2.25. The number of H-pyrrole nitrogens is 1. The summed E-state index contributed by atoms with van der Waals surface area (Å²) in [7, 11) is 1.95. The molecule has 0 bridgehead atoms. The number of aromatic amines is 1. The van der Waals surface area contributed by atoms with Crippen molar-refractivity contribution >= 4 is 16.8 Å². The number of aromatic nitrogens is 1. The van der Waals surface area contributed by atoms with Gasteiger partial charge in [0.05, 0.1) is 17.0 Å². The SMILES string of the molecule is CN(CC1(C#N)CC1)c1ccc2[nH]c(=O)oc2c1. The average molecular weight is 243 g/mol. The van der Waals surface area contributed by atoms with Crippen molar-refractivity contribution in [2.24, 2.45) is 5.41 Å². The van der Waals surface area contributed by atoms with E-state index in [1.165, 1.54) is 0 Å². The first-order chi connectivity index (χ1) is 8.62. The quantitative estimate of drug-likeness (QED) is 0.893. The summed E-state index contributed by atoms with van der Waals surface area (Å²) in [6.45, 7) is 0.712. The Morgan fingerprint density at radius 2 is 2.33 bits per heavy atom. The molecule has 5 heteroatoms. The molecule has 1 fully saturated rings. The lowest BCUT2D eigenvalue weighted by molar-refractivity contribution is 0.555. The Hall–Kier alpha value is -2.22. The molecule has 0 amide bonds. The van der Waals surface area contributed by atoms with Gasteiger partial charge >= 0.3 is 5.76 Å². The first-order valence-electron chi connectivity index (χ1n) is 5.87. The monoisotopic (exact) mass is 243 g/mol. The molecule has 1 saturated carbocycles. The lowest BCUT2D eigenvalue weighted by atomic mass is 10.1. The van der Waals surface area contributed by atoms with Crippen molar-refractivity contribution < 1.29 is 4.42 Å². The van der Waals surface area contributed by atoms with Gasteiger partial charge in [0.15, 0.2) is 5.58 Å². The van der Waals surface area contributed by atoms with Gasteiger partial charge < -0.3 is 9.32 Å². The van der Waals surface area contributed by atoms with E-state index in [2.05, 4.69) is 11.1 Å². The summed E-state index contributed by atoms with van der Waals surface area (Å²) in [5.41, 5.74) is 2.01. The number of anilines is 1. The van der Waals surface area contributed by atoms with Gasteiger partial charge in [-0.1, -0.05) is 0 Å². The number of oxazole rings is 1. The van der Waals surface area contributed by atoms with E-state index in [0.29, 0.717) is 17.6 Å². The molecule has 3 rings (SSSR count). The summed E-state index contributed by atoms with van der Waals surface area (Å²) >= 11 is 0. The second-order valence-corrected chi connectivity index (χ2v) is 4.94. The second-order valence-electron chi connectivity index (χ2n) is 4.94. The fourth-order valence-electron chi connectivity index (χ4n) is 2.17. The smallest absolute Gasteiger partial charge is 0.408 e. The molecule has 18 heavy (non-hydrogen) atoms. The van der Waals surface area contributed by atoms with Gasteiger partial charge in [-0.05, 0) is 25.0 Å². The Morgan fingerprint density at radius 3 is 3.00 bits per heavy atom. The highest BCUT2D eigenvalue weighted by Crippen LogP contribution is 2.45. The van der Waals surface area contributed by atoms with Crippen LogP contribution in [0.5, 0.6) is 0 Å². The summed E-state index contributed by atoms with van der Waals surface area (Å²) < 4.78 is 5.03. The summed E-state index contributed by atoms with van der Waals surface area (Å²) in [4.78, 5) is 15.7. The van der Waals surface area contributed by atoms with E-state index in [0.717, 1.165) is 18.5 Å². The molecule has 92 valence electrons. The van der Waals surface area contributed by atoms with Crippen LogP contribution in [0.2, 0.25) is 0 Å². The highest BCUT2D eigenvalue weighted by atomic mass is 16.4.